The largest absolute Gasteiger partial charge is 0.466 e. The molecule has 186 valence electrons. The van der Waals surface area contributed by atoms with E-state index in [1.54, 1.807) is 41.8 Å². The summed E-state index contributed by atoms with van der Waals surface area (Å²) in [5, 5.41) is 2.52. The molecular formula is C23H42N2O7. The van der Waals surface area contributed by atoms with Crippen LogP contribution in [-0.4, -0.2) is 68.3 Å². The van der Waals surface area contributed by atoms with E-state index in [2.05, 4.69) is 5.32 Å². The van der Waals surface area contributed by atoms with Crippen LogP contribution in [0.2, 0.25) is 0 Å². The fraction of sp³-hybridized carbons (Fsp3) is 0.826. The highest BCUT2D eigenvalue weighted by Crippen LogP contribution is 2.34. The molecule has 0 aliphatic heterocycles. The highest BCUT2D eigenvalue weighted by atomic mass is 16.6. The molecule has 32 heavy (non-hydrogen) atoms. The molecule has 0 fully saturated rings. The first-order chi connectivity index (χ1) is 14.8. The molecule has 0 aliphatic rings. The van der Waals surface area contributed by atoms with E-state index in [-0.39, 0.29) is 38.5 Å². The summed E-state index contributed by atoms with van der Waals surface area (Å²) in [7, 11) is 3.31. The van der Waals surface area contributed by atoms with E-state index in [0.717, 1.165) is 12.8 Å². The molecule has 9 heteroatoms. The van der Waals surface area contributed by atoms with Crippen molar-refractivity contribution in [3.63, 3.8) is 0 Å². The third kappa shape index (κ3) is 11.9. The summed E-state index contributed by atoms with van der Waals surface area (Å²) in [6.45, 7) is 11.0. The first-order valence-electron chi connectivity index (χ1n) is 11.3. The van der Waals surface area contributed by atoms with Gasteiger partial charge in [-0.1, -0.05) is 20.3 Å². The van der Waals surface area contributed by atoms with Crippen LogP contribution in [0.3, 0.4) is 0 Å². The van der Waals surface area contributed by atoms with Gasteiger partial charge in [-0.15, -0.1) is 0 Å². The molecule has 0 spiro atoms. The van der Waals surface area contributed by atoms with Crippen LogP contribution in [0.1, 0.15) is 73.6 Å². The Balaban J connectivity index is 5.15. The molecule has 0 aliphatic carbocycles. The van der Waals surface area contributed by atoms with E-state index in [9.17, 15) is 19.2 Å². The Bertz CT molecular complexity index is 628. The van der Waals surface area contributed by atoms with Gasteiger partial charge >= 0.3 is 18.0 Å². The van der Waals surface area contributed by atoms with Crippen molar-refractivity contribution in [2.45, 2.75) is 79.2 Å². The minimum Gasteiger partial charge on any atom is -0.466 e. The molecular weight excluding hydrogens is 416 g/mol. The van der Waals surface area contributed by atoms with Gasteiger partial charge in [0.2, 0.25) is 5.91 Å². The number of alkyl carbamates (subject to hydrolysis) is 1. The van der Waals surface area contributed by atoms with E-state index in [1.165, 1.54) is 4.90 Å². The lowest BCUT2D eigenvalue weighted by Crippen LogP contribution is -2.40. The lowest BCUT2D eigenvalue weighted by Gasteiger charge is -2.31. The van der Waals surface area contributed by atoms with Crippen LogP contribution in [0.5, 0.6) is 0 Å². The maximum atomic E-state index is 12.9. The summed E-state index contributed by atoms with van der Waals surface area (Å²) in [4.78, 5) is 51.0. The average Bonchev–Trinajstić information content (AvgIpc) is 2.67. The summed E-state index contributed by atoms with van der Waals surface area (Å²) in [6, 6.07) is 0. The van der Waals surface area contributed by atoms with Gasteiger partial charge in [0, 0.05) is 20.0 Å². The van der Waals surface area contributed by atoms with Gasteiger partial charge in [0.25, 0.3) is 0 Å². The SMILES string of the molecule is CCCCOC(=O)CC(C)(CC(CC)C(=O)N(C)C)C(=O)OCCNC(=O)OC(C)(C)C. The Morgan fingerprint density at radius 2 is 1.59 bits per heavy atom. The van der Waals surface area contributed by atoms with Crippen molar-refractivity contribution in [3.05, 3.63) is 0 Å². The second-order valence-electron chi connectivity index (χ2n) is 9.42. The number of carbonyl (C=O) groups excluding carboxylic acids is 4. The van der Waals surface area contributed by atoms with Crippen molar-refractivity contribution in [1.82, 2.24) is 10.2 Å². The number of esters is 2. The fourth-order valence-electron chi connectivity index (χ4n) is 3.03. The highest BCUT2D eigenvalue weighted by molar-refractivity contribution is 5.85. The van der Waals surface area contributed by atoms with Gasteiger partial charge in [-0.25, -0.2) is 4.79 Å². The van der Waals surface area contributed by atoms with Crippen LogP contribution in [0.25, 0.3) is 0 Å². The average molecular weight is 459 g/mol. The molecule has 2 atom stereocenters. The molecule has 0 radical (unpaired) electrons. The summed E-state index contributed by atoms with van der Waals surface area (Å²) in [5.74, 6) is -1.67. The minimum absolute atomic E-state index is 0.0610. The number of rotatable bonds is 13. The van der Waals surface area contributed by atoms with Crippen molar-refractivity contribution < 1.29 is 33.4 Å². The third-order valence-corrected chi connectivity index (χ3v) is 4.77. The number of nitrogens with zero attached hydrogens (tertiary/aromatic N) is 1. The number of hydrogen-bond acceptors (Lipinski definition) is 7. The zero-order chi connectivity index (χ0) is 24.9. The minimum atomic E-state index is -1.23. The van der Waals surface area contributed by atoms with Gasteiger partial charge in [0.05, 0.1) is 25.0 Å². The summed E-state index contributed by atoms with van der Waals surface area (Å²) in [6.07, 6.45) is 1.49. The van der Waals surface area contributed by atoms with Crippen LogP contribution in [0.4, 0.5) is 4.79 Å². The first kappa shape index (κ1) is 29.7. The van der Waals surface area contributed by atoms with Gasteiger partial charge in [-0.2, -0.15) is 0 Å². The highest BCUT2D eigenvalue weighted by Gasteiger charge is 2.41. The number of amides is 2. The maximum Gasteiger partial charge on any atom is 0.407 e. The van der Waals surface area contributed by atoms with E-state index >= 15 is 0 Å². The molecule has 2 unspecified atom stereocenters. The van der Waals surface area contributed by atoms with Crippen molar-refractivity contribution in [3.8, 4) is 0 Å². The Labute approximate surface area is 192 Å². The Hall–Kier alpha value is -2.32. The second kappa shape index (κ2) is 14.0. The molecule has 0 rings (SSSR count). The lowest BCUT2D eigenvalue weighted by atomic mass is 9.77. The lowest BCUT2D eigenvalue weighted by molar-refractivity contribution is -0.163. The molecule has 1 N–H and O–H groups in total. The number of hydrogen-bond donors (Lipinski definition) is 1. The van der Waals surface area contributed by atoms with Crippen molar-refractivity contribution >= 4 is 23.9 Å². The molecule has 0 aromatic heterocycles. The van der Waals surface area contributed by atoms with E-state index < -0.39 is 35.0 Å². The van der Waals surface area contributed by atoms with Gasteiger partial charge < -0.3 is 24.4 Å². The van der Waals surface area contributed by atoms with Gasteiger partial charge in [0.15, 0.2) is 0 Å². The Morgan fingerprint density at radius 1 is 0.969 bits per heavy atom. The number of unbranched alkanes of at least 4 members (excludes halogenated alkanes) is 1. The molecule has 0 saturated carbocycles. The topological polar surface area (TPSA) is 111 Å². The van der Waals surface area contributed by atoms with Crippen LogP contribution in [0.15, 0.2) is 0 Å². The van der Waals surface area contributed by atoms with Crippen molar-refractivity contribution in [2.75, 3.05) is 33.9 Å². The van der Waals surface area contributed by atoms with Crippen molar-refractivity contribution in [1.29, 1.82) is 0 Å². The zero-order valence-corrected chi connectivity index (χ0v) is 21.0. The molecule has 9 nitrogen and oxygen atoms in total. The van der Waals surface area contributed by atoms with Crippen LogP contribution in [-0.2, 0) is 28.6 Å². The zero-order valence-electron chi connectivity index (χ0n) is 21.0. The van der Waals surface area contributed by atoms with Crippen LogP contribution >= 0.6 is 0 Å². The Kier molecular flexibility index (Phi) is 12.9. The predicted octanol–water partition coefficient (Wildman–Crippen LogP) is 3.30. The number of carbonyl (C=O) groups is 4. The summed E-state index contributed by atoms with van der Waals surface area (Å²) >= 11 is 0. The molecule has 0 heterocycles. The van der Waals surface area contributed by atoms with Gasteiger partial charge in [-0.3, -0.25) is 14.4 Å². The fourth-order valence-corrected chi connectivity index (χ4v) is 3.03. The van der Waals surface area contributed by atoms with E-state index in [1.807, 2.05) is 13.8 Å². The van der Waals surface area contributed by atoms with Gasteiger partial charge in [0.1, 0.15) is 12.2 Å². The molecule has 2 amide bonds. The standard InChI is InChI=1S/C23H42N2O7/c1-9-11-13-30-18(26)16-23(6,15-17(10-2)19(27)25(7)8)20(28)31-14-12-24-21(29)32-22(3,4)5/h17H,9-16H2,1-8H3,(H,24,29). The third-order valence-electron chi connectivity index (χ3n) is 4.77. The Morgan fingerprint density at radius 3 is 2.09 bits per heavy atom. The van der Waals surface area contributed by atoms with Gasteiger partial charge in [-0.05, 0) is 47.0 Å². The predicted molar refractivity (Wildman–Crippen MR) is 121 cm³/mol. The maximum absolute atomic E-state index is 12.9. The van der Waals surface area contributed by atoms with E-state index in [4.69, 9.17) is 14.2 Å². The number of nitrogens with one attached hydrogen (secondary N) is 1. The first-order valence-corrected chi connectivity index (χ1v) is 11.3. The summed E-state index contributed by atoms with van der Waals surface area (Å²) < 4.78 is 15.7. The molecule has 0 saturated heterocycles. The molecule has 0 aromatic carbocycles. The van der Waals surface area contributed by atoms with Crippen LogP contribution in [0, 0.1) is 11.3 Å². The molecule has 0 aromatic rings. The summed E-state index contributed by atoms with van der Waals surface area (Å²) in [5.41, 5.74) is -1.87. The quantitative estimate of drug-likeness (QED) is 0.256. The monoisotopic (exact) mass is 458 g/mol. The second-order valence-corrected chi connectivity index (χ2v) is 9.42. The normalized spacial score (nSPS) is 14.0. The van der Waals surface area contributed by atoms with E-state index in [0.29, 0.717) is 6.42 Å². The van der Waals surface area contributed by atoms with Crippen molar-refractivity contribution in [2.24, 2.45) is 11.3 Å². The number of ether oxygens (including phenoxy) is 3. The van der Waals surface area contributed by atoms with Crippen LogP contribution < -0.4 is 5.32 Å². The smallest absolute Gasteiger partial charge is 0.407 e. The molecule has 0 bridgehead atoms.